The van der Waals surface area contributed by atoms with Gasteiger partial charge in [0.25, 0.3) is 0 Å². The smallest absolute Gasteiger partial charge is 0.222 e. The van der Waals surface area contributed by atoms with Crippen molar-refractivity contribution < 1.29 is 18.6 Å². The number of fused-ring (bicyclic) bond motifs is 1. The molecule has 2 aliphatic heterocycles. The fraction of sp³-hybridized carbons (Fsp3) is 0.565. The van der Waals surface area contributed by atoms with Gasteiger partial charge in [-0.05, 0) is 44.5 Å². The predicted octanol–water partition coefficient (Wildman–Crippen LogP) is 2.47. The van der Waals surface area contributed by atoms with E-state index in [1.54, 1.807) is 14.2 Å². The number of benzene rings is 1. The van der Waals surface area contributed by atoms with E-state index in [4.69, 9.17) is 18.6 Å². The van der Waals surface area contributed by atoms with Gasteiger partial charge in [0, 0.05) is 24.1 Å². The van der Waals surface area contributed by atoms with E-state index in [1.165, 1.54) is 17.5 Å². The molecule has 4 aliphatic carbocycles. The highest BCUT2D eigenvalue weighted by Gasteiger charge is 2.79. The summed E-state index contributed by atoms with van der Waals surface area (Å²) < 4.78 is 24.7. The average Bonchev–Trinajstić information content (AvgIpc) is 3.42. The van der Waals surface area contributed by atoms with E-state index in [0.29, 0.717) is 11.9 Å². The minimum atomic E-state index is -0.659. The van der Waals surface area contributed by atoms with Gasteiger partial charge in [0.15, 0.2) is 11.5 Å². The minimum absolute atomic E-state index is 0.0519. The Kier molecular flexibility index (Phi) is 3.04. The second kappa shape index (κ2) is 5.26. The van der Waals surface area contributed by atoms with Crippen LogP contribution in [0.15, 0.2) is 35.1 Å². The second-order valence-electron chi connectivity index (χ2n) is 9.52. The summed E-state index contributed by atoms with van der Waals surface area (Å²) in [6.45, 7) is 1.04. The Balaban J connectivity index is 1.57. The van der Waals surface area contributed by atoms with Gasteiger partial charge in [-0.1, -0.05) is 18.2 Å². The van der Waals surface area contributed by atoms with Crippen molar-refractivity contribution in [3.05, 3.63) is 47.7 Å². The van der Waals surface area contributed by atoms with E-state index in [9.17, 15) is 0 Å². The molecule has 1 aromatic heterocycles. The summed E-state index contributed by atoms with van der Waals surface area (Å²) in [7, 11) is 5.76. The van der Waals surface area contributed by atoms with Crippen molar-refractivity contribution in [3.8, 4) is 11.5 Å². The molecular weight excluding hydrogens is 382 g/mol. The molecule has 0 radical (unpaired) electrons. The predicted molar refractivity (Wildman–Crippen MR) is 107 cm³/mol. The third kappa shape index (κ3) is 1.56. The van der Waals surface area contributed by atoms with Crippen LogP contribution in [0, 0.1) is 5.41 Å². The maximum atomic E-state index is 6.88. The van der Waals surface area contributed by atoms with Crippen molar-refractivity contribution in [3.63, 3.8) is 0 Å². The lowest BCUT2D eigenvalue weighted by Gasteiger charge is -2.70. The number of likely N-dealkylation sites (N-methyl/N-ethyl adjacent to an activating group) is 1. The Morgan fingerprint density at radius 2 is 2.13 bits per heavy atom. The maximum Gasteiger partial charge on any atom is 0.222 e. The van der Waals surface area contributed by atoms with Crippen LogP contribution in [0.4, 0.5) is 0 Å². The highest BCUT2D eigenvalue weighted by atomic mass is 16.6. The zero-order chi connectivity index (χ0) is 20.3. The van der Waals surface area contributed by atoms with Gasteiger partial charge in [0.1, 0.15) is 11.7 Å². The van der Waals surface area contributed by atoms with Crippen LogP contribution >= 0.6 is 0 Å². The third-order valence-corrected chi connectivity index (χ3v) is 8.95. The molecule has 6 atom stereocenters. The fourth-order valence-electron chi connectivity index (χ4n) is 7.82. The first-order valence-corrected chi connectivity index (χ1v) is 10.7. The van der Waals surface area contributed by atoms with Gasteiger partial charge in [-0.25, -0.2) is 0 Å². The van der Waals surface area contributed by atoms with Gasteiger partial charge < -0.3 is 23.5 Å². The number of hydrogen-bond acceptors (Lipinski definition) is 7. The first-order chi connectivity index (χ1) is 14.6. The molecule has 1 saturated heterocycles. The number of nitrogens with zero attached hydrogens (tertiary/aromatic N) is 3. The summed E-state index contributed by atoms with van der Waals surface area (Å²) in [5, 5.41) is 8.29. The molecule has 0 N–H and O–H groups in total. The van der Waals surface area contributed by atoms with Crippen LogP contribution < -0.4 is 9.47 Å². The first kappa shape index (κ1) is 17.3. The van der Waals surface area contributed by atoms with Gasteiger partial charge in [0.05, 0.1) is 18.4 Å². The summed E-state index contributed by atoms with van der Waals surface area (Å²) >= 11 is 0. The van der Waals surface area contributed by atoms with Gasteiger partial charge in [-0.3, -0.25) is 0 Å². The fourth-order valence-corrected chi connectivity index (χ4v) is 7.82. The van der Waals surface area contributed by atoms with Gasteiger partial charge in [-0.15, -0.1) is 10.2 Å². The minimum Gasteiger partial charge on any atom is -0.493 e. The molecule has 156 valence electrons. The molecular formula is C23H25N3O4. The molecule has 1 aromatic carbocycles. The zero-order valence-electron chi connectivity index (χ0n) is 17.4. The second-order valence-corrected chi connectivity index (χ2v) is 9.52. The maximum absolute atomic E-state index is 6.88. The molecule has 30 heavy (non-hydrogen) atoms. The van der Waals surface area contributed by atoms with Crippen LogP contribution in [-0.2, 0) is 16.6 Å². The monoisotopic (exact) mass is 407 g/mol. The van der Waals surface area contributed by atoms with Crippen molar-refractivity contribution in [2.24, 2.45) is 5.41 Å². The number of rotatable bonds is 3. The molecule has 7 nitrogen and oxygen atoms in total. The summed E-state index contributed by atoms with van der Waals surface area (Å²) in [6, 6.07) is 4.69. The van der Waals surface area contributed by atoms with Crippen LogP contribution in [-0.4, -0.2) is 60.7 Å². The Bertz CT molecular complexity index is 1080. The van der Waals surface area contributed by atoms with E-state index in [2.05, 4.69) is 46.4 Å². The van der Waals surface area contributed by atoms with Crippen molar-refractivity contribution in [1.29, 1.82) is 0 Å². The number of methoxy groups -OCH3 is 2. The normalized spacial score (nSPS) is 42.2. The molecule has 0 amide bonds. The summed E-state index contributed by atoms with van der Waals surface area (Å²) in [5.74, 6) is 2.30. The van der Waals surface area contributed by atoms with Crippen LogP contribution in [0.3, 0.4) is 0 Å². The number of aromatic nitrogens is 2. The lowest BCUT2D eigenvalue weighted by Crippen LogP contribution is -2.78. The number of piperidine rings is 1. The lowest BCUT2D eigenvalue weighted by atomic mass is 9.37. The highest BCUT2D eigenvalue weighted by Crippen LogP contribution is 2.75. The SMILES string of the molecule is COc1ccc2c3c1O[C@H]1[C@@]4(OC)C=C[C@@]5(C[C@H]4c4nnco4)[C@@H](C2)N(C)CC[C@]315. The van der Waals surface area contributed by atoms with Crippen LogP contribution in [0.25, 0.3) is 0 Å². The van der Waals surface area contributed by atoms with Crippen molar-refractivity contribution in [1.82, 2.24) is 15.1 Å². The number of hydrogen-bond donors (Lipinski definition) is 0. The van der Waals surface area contributed by atoms with Crippen molar-refractivity contribution >= 4 is 0 Å². The molecule has 2 fully saturated rings. The van der Waals surface area contributed by atoms with E-state index in [1.807, 2.05) is 0 Å². The Morgan fingerprint density at radius 3 is 2.90 bits per heavy atom. The molecule has 0 unspecified atom stereocenters. The molecule has 2 aromatic rings. The summed E-state index contributed by atoms with van der Waals surface area (Å²) in [6.07, 6.45) is 8.88. The summed E-state index contributed by atoms with van der Waals surface area (Å²) in [4.78, 5) is 2.54. The van der Waals surface area contributed by atoms with E-state index >= 15 is 0 Å². The standard InChI is InChI=1S/C23H25N3O4/c1-26-9-8-22-17-13-4-5-15(27-2)18(17)30-20(22)23(28-3)7-6-21(22,16(26)10-13)11-14(23)19-25-24-12-29-19/h4-7,12,14,16,20H,8-11H2,1-3H3/t14-,16+,20+,21+,22-,23+/m0/s1. The van der Waals surface area contributed by atoms with Crippen LogP contribution in [0.2, 0.25) is 0 Å². The van der Waals surface area contributed by atoms with Crippen LogP contribution in [0.5, 0.6) is 11.5 Å². The zero-order valence-corrected chi connectivity index (χ0v) is 17.4. The quantitative estimate of drug-likeness (QED) is 0.724. The molecule has 7 heteroatoms. The number of ether oxygens (including phenoxy) is 3. The first-order valence-electron chi connectivity index (χ1n) is 10.7. The average molecular weight is 407 g/mol. The van der Waals surface area contributed by atoms with E-state index in [0.717, 1.165) is 37.3 Å². The molecule has 4 bridgehead atoms. The van der Waals surface area contributed by atoms with E-state index in [-0.39, 0.29) is 22.9 Å². The molecule has 1 saturated carbocycles. The van der Waals surface area contributed by atoms with Crippen molar-refractivity contribution in [2.75, 3.05) is 27.8 Å². The topological polar surface area (TPSA) is 69.8 Å². The highest BCUT2D eigenvalue weighted by molar-refractivity contribution is 5.65. The van der Waals surface area contributed by atoms with Crippen molar-refractivity contribution in [2.45, 2.75) is 48.3 Å². The lowest BCUT2D eigenvalue weighted by molar-refractivity contribution is -0.200. The Morgan fingerprint density at radius 1 is 1.23 bits per heavy atom. The van der Waals surface area contributed by atoms with E-state index < -0.39 is 5.60 Å². The van der Waals surface area contributed by atoms with Gasteiger partial charge >= 0.3 is 0 Å². The third-order valence-electron chi connectivity index (χ3n) is 8.95. The molecule has 3 heterocycles. The summed E-state index contributed by atoms with van der Waals surface area (Å²) in [5.41, 5.74) is 1.87. The molecule has 2 spiro atoms. The van der Waals surface area contributed by atoms with Gasteiger partial charge in [-0.2, -0.15) is 0 Å². The van der Waals surface area contributed by atoms with Crippen LogP contribution in [0.1, 0.15) is 35.8 Å². The molecule has 8 rings (SSSR count). The molecule has 6 aliphatic rings. The Labute approximate surface area is 175 Å². The Hall–Kier alpha value is -2.38. The van der Waals surface area contributed by atoms with Gasteiger partial charge in [0.2, 0.25) is 12.3 Å². The number of likely N-dealkylation sites (tertiary alicyclic amines) is 1. The largest absolute Gasteiger partial charge is 0.493 e.